The van der Waals surface area contributed by atoms with Gasteiger partial charge in [-0.1, -0.05) is 13.8 Å². The van der Waals surface area contributed by atoms with Crippen LogP contribution < -0.4 is 5.32 Å². The average Bonchev–Trinajstić information content (AvgIpc) is 1.61. The first-order valence-electron chi connectivity index (χ1n) is 3.04. The van der Waals surface area contributed by atoms with Crippen LogP contribution in [0, 0.1) is 0 Å². The fraction of sp³-hybridized carbons (Fsp3) is 1.00. The van der Waals surface area contributed by atoms with E-state index in [4.69, 9.17) is 5.11 Å². The lowest BCUT2D eigenvalue weighted by atomic mass is 10.3. The van der Waals surface area contributed by atoms with E-state index in [0.29, 0.717) is 12.6 Å². The van der Waals surface area contributed by atoms with Gasteiger partial charge in [-0.3, -0.25) is 0 Å². The molecule has 0 amide bonds. The van der Waals surface area contributed by atoms with Crippen LogP contribution >= 0.6 is 0 Å². The molecule has 0 saturated carbocycles. The lowest BCUT2D eigenvalue weighted by Crippen LogP contribution is -2.30. The number of aliphatic hydroxyl groups excluding tert-OH is 1. The molecule has 0 aromatic heterocycles. The molecule has 0 aliphatic carbocycles. The molecule has 9 heavy (non-hydrogen) atoms. The van der Waals surface area contributed by atoms with Crippen LogP contribution in [0.25, 0.3) is 0 Å². The highest BCUT2D eigenvalue weighted by atomic mass is 16.3. The van der Waals surface area contributed by atoms with E-state index in [-0.39, 0.29) is 11.6 Å². The molecule has 0 rings (SSSR count). The zero-order chi connectivity index (χ0) is 6.57. The van der Waals surface area contributed by atoms with E-state index in [1.165, 1.54) is 0 Å². The van der Waals surface area contributed by atoms with Gasteiger partial charge >= 0.3 is 0 Å². The quantitative estimate of drug-likeness (QED) is 0.550. The Labute approximate surface area is 56.4 Å². The molecular weight excluding hydrogens is 118 g/mol. The minimum absolute atomic E-state index is 0. The number of hydrogen-bond donors (Lipinski definition) is 2. The summed E-state index contributed by atoms with van der Waals surface area (Å²) >= 11 is 0. The molecule has 0 saturated heterocycles. The summed E-state index contributed by atoms with van der Waals surface area (Å²) in [5.74, 6) is 0. The number of rotatable bonds is 3. The van der Waals surface area contributed by atoms with Gasteiger partial charge in [0.25, 0.3) is 0 Å². The van der Waals surface area contributed by atoms with Gasteiger partial charge in [-0.25, -0.2) is 0 Å². The molecule has 0 bridgehead atoms. The number of hydrogen-bond acceptors (Lipinski definition) is 2. The highest BCUT2D eigenvalue weighted by Gasteiger charge is 1.94. The van der Waals surface area contributed by atoms with Gasteiger partial charge in [0.2, 0.25) is 0 Å². The van der Waals surface area contributed by atoms with Crippen LogP contribution in [0.15, 0.2) is 0 Å². The van der Waals surface area contributed by atoms with E-state index in [1.54, 1.807) is 6.92 Å². The van der Waals surface area contributed by atoms with Gasteiger partial charge in [0.05, 0.1) is 6.10 Å². The average molecular weight is 135 g/mol. The molecule has 0 aliphatic heterocycles. The van der Waals surface area contributed by atoms with E-state index in [1.807, 2.05) is 0 Å². The van der Waals surface area contributed by atoms with Crippen molar-refractivity contribution in [1.82, 2.24) is 5.32 Å². The maximum absolute atomic E-state index is 8.74. The normalized spacial score (nSPS) is 13.0. The Bertz CT molecular complexity index is 47.0. The molecule has 0 heterocycles. The lowest BCUT2D eigenvalue weighted by Gasteiger charge is -2.08. The summed E-state index contributed by atoms with van der Waals surface area (Å²) in [6, 6.07) is 0.476. The van der Waals surface area contributed by atoms with Gasteiger partial charge in [0, 0.05) is 12.6 Å². The summed E-state index contributed by atoms with van der Waals surface area (Å²) in [6.07, 6.45) is -0.225. The fourth-order valence-electron chi connectivity index (χ4n) is 0.406. The Hall–Kier alpha value is -0.120. The van der Waals surface area contributed by atoms with Crippen molar-refractivity contribution in [3.63, 3.8) is 0 Å². The van der Waals surface area contributed by atoms with Crippen molar-refractivity contribution in [3.05, 3.63) is 0 Å². The smallest absolute Gasteiger partial charge is 0.0636 e. The Morgan fingerprint density at radius 2 is 1.78 bits per heavy atom. The molecule has 3 nitrogen and oxygen atoms in total. The zero-order valence-electron chi connectivity index (χ0n) is 6.31. The van der Waals surface area contributed by atoms with Crippen LogP contribution in [-0.4, -0.2) is 29.3 Å². The molecule has 3 heteroatoms. The molecule has 1 unspecified atom stereocenters. The van der Waals surface area contributed by atoms with Crippen molar-refractivity contribution in [2.75, 3.05) is 6.54 Å². The first kappa shape index (κ1) is 11.6. The monoisotopic (exact) mass is 135 g/mol. The Morgan fingerprint density at radius 1 is 1.33 bits per heavy atom. The highest BCUT2D eigenvalue weighted by molar-refractivity contribution is 4.55. The molecule has 58 valence electrons. The van der Waals surface area contributed by atoms with E-state index in [0.717, 1.165) is 0 Å². The largest absolute Gasteiger partial charge is 0.412 e. The maximum Gasteiger partial charge on any atom is 0.0636 e. The van der Waals surface area contributed by atoms with Crippen molar-refractivity contribution >= 4 is 0 Å². The van der Waals surface area contributed by atoms with Crippen molar-refractivity contribution in [3.8, 4) is 0 Å². The fourth-order valence-corrected chi connectivity index (χ4v) is 0.406. The molecule has 0 spiro atoms. The minimum atomic E-state index is -0.225. The summed E-state index contributed by atoms with van der Waals surface area (Å²) in [6.45, 7) is 6.58. The molecule has 4 N–H and O–H groups in total. The lowest BCUT2D eigenvalue weighted by molar-refractivity contribution is 0.188. The Balaban J connectivity index is 0. The van der Waals surface area contributed by atoms with Crippen molar-refractivity contribution < 1.29 is 10.6 Å². The summed E-state index contributed by atoms with van der Waals surface area (Å²) in [4.78, 5) is 0. The van der Waals surface area contributed by atoms with E-state index in [2.05, 4.69) is 19.2 Å². The van der Waals surface area contributed by atoms with Crippen LogP contribution in [0.1, 0.15) is 20.8 Å². The second-order valence-corrected chi connectivity index (χ2v) is 2.41. The Morgan fingerprint density at radius 3 is 1.89 bits per heavy atom. The third-order valence-corrected chi connectivity index (χ3v) is 0.822. The van der Waals surface area contributed by atoms with E-state index in [9.17, 15) is 0 Å². The molecular formula is C6H17NO2. The van der Waals surface area contributed by atoms with Crippen molar-refractivity contribution in [2.24, 2.45) is 0 Å². The van der Waals surface area contributed by atoms with Gasteiger partial charge in [0.15, 0.2) is 0 Å². The molecule has 0 aromatic carbocycles. The predicted octanol–water partition coefficient (Wildman–Crippen LogP) is -0.459. The standard InChI is InChI=1S/C6H15NO.H2O/c1-5(2)7-4-6(3)8;/h5-8H,4H2,1-3H3;1H2. The van der Waals surface area contributed by atoms with Gasteiger partial charge in [-0.15, -0.1) is 0 Å². The molecule has 0 aliphatic rings. The highest BCUT2D eigenvalue weighted by Crippen LogP contribution is 1.78. The molecule has 0 radical (unpaired) electrons. The molecule has 0 aromatic rings. The van der Waals surface area contributed by atoms with Crippen LogP contribution in [0.2, 0.25) is 0 Å². The topological polar surface area (TPSA) is 63.8 Å². The van der Waals surface area contributed by atoms with Crippen molar-refractivity contribution in [2.45, 2.75) is 32.9 Å². The summed E-state index contributed by atoms with van der Waals surface area (Å²) in [5, 5.41) is 11.8. The summed E-state index contributed by atoms with van der Waals surface area (Å²) in [5.41, 5.74) is 0. The van der Waals surface area contributed by atoms with Gasteiger partial charge in [-0.2, -0.15) is 0 Å². The number of nitrogens with one attached hydrogen (secondary N) is 1. The first-order valence-corrected chi connectivity index (χ1v) is 3.04. The number of aliphatic hydroxyl groups is 1. The zero-order valence-corrected chi connectivity index (χ0v) is 6.31. The minimum Gasteiger partial charge on any atom is -0.412 e. The van der Waals surface area contributed by atoms with Crippen LogP contribution in [-0.2, 0) is 0 Å². The van der Waals surface area contributed by atoms with Crippen LogP contribution in [0.3, 0.4) is 0 Å². The van der Waals surface area contributed by atoms with Crippen LogP contribution in [0.5, 0.6) is 0 Å². The SMILES string of the molecule is CC(O)CNC(C)C.O. The molecule has 0 fully saturated rings. The third kappa shape index (κ3) is 11.4. The second kappa shape index (κ2) is 6.01. The Kier molecular flexibility index (Phi) is 7.77. The van der Waals surface area contributed by atoms with E-state index >= 15 is 0 Å². The van der Waals surface area contributed by atoms with E-state index < -0.39 is 0 Å². The van der Waals surface area contributed by atoms with Gasteiger partial charge < -0.3 is 15.9 Å². The van der Waals surface area contributed by atoms with Gasteiger partial charge in [-0.05, 0) is 6.92 Å². The van der Waals surface area contributed by atoms with Gasteiger partial charge in [0.1, 0.15) is 0 Å². The predicted molar refractivity (Wildman–Crippen MR) is 38.4 cm³/mol. The molecule has 1 atom stereocenters. The summed E-state index contributed by atoms with van der Waals surface area (Å²) < 4.78 is 0. The first-order chi connectivity index (χ1) is 3.63. The maximum atomic E-state index is 8.74. The third-order valence-electron chi connectivity index (χ3n) is 0.822. The summed E-state index contributed by atoms with van der Waals surface area (Å²) in [7, 11) is 0. The van der Waals surface area contributed by atoms with Crippen molar-refractivity contribution in [1.29, 1.82) is 0 Å². The second-order valence-electron chi connectivity index (χ2n) is 2.41. The van der Waals surface area contributed by atoms with Crippen LogP contribution in [0.4, 0.5) is 0 Å².